The van der Waals surface area contributed by atoms with Crippen LogP contribution in [0, 0.1) is 0 Å². The molecule has 10 heteroatoms. The highest BCUT2D eigenvalue weighted by atomic mass is 19.4. The zero-order valence-electron chi connectivity index (χ0n) is 7.25. The van der Waals surface area contributed by atoms with Crippen molar-refractivity contribution >= 4 is 11.7 Å². The van der Waals surface area contributed by atoms with Gasteiger partial charge in [-0.3, -0.25) is 9.59 Å². The highest BCUT2D eigenvalue weighted by molar-refractivity contribution is 6.01. The molecule has 0 spiro atoms. The fraction of sp³-hybridized carbons (Fsp3) is 0.667. The molecule has 0 aromatic carbocycles. The number of hydrogen-bond acceptors (Lipinski definition) is 2. The molecule has 3 nitrogen and oxygen atoms in total. The molecule has 0 aromatic rings. The minimum Gasteiger partial charge on any atom is -0.369 e. The first kappa shape index (κ1) is 14.7. The van der Waals surface area contributed by atoms with Gasteiger partial charge in [-0.05, 0) is 0 Å². The molecule has 0 aromatic heterocycles. The number of carbonyl (C=O) groups excluding carboxylic acids is 2. The lowest BCUT2D eigenvalue weighted by Crippen LogP contribution is -2.56. The van der Waals surface area contributed by atoms with Gasteiger partial charge in [-0.25, -0.2) is 0 Å². The predicted octanol–water partition coefficient (Wildman–Crippen LogP) is 1.26. The summed E-state index contributed by atoms with van der Waals surface area (Å²) < 4.78 is 83.8. The molecule has 0 radical (unpaired) electrons. The summed E-state index contributed by atoms with van der Waals surface area (Å²) in [6.07, 6.45) is -8.51. The van der Waals surface area contributed by atoms with Crippen LogP contribution in [0.1, 0.15) is 6.42 Å². The lowest BCUT2D eigenvalue weighted by molar-refractivity contribution is -0.343. The van der Waals surface area contributed by atoms with Crippen molar-refractivity contribution in [2.75, 3.05) is 0 Å². The van der Waals surface area contributed by atoms with E-state index in [4.69, 9.17) is 0 Å². The van der Waals surface area contributed by atoms with Gasteiger partial charge in [-0.1, -0.05) is 0 Å². The van der Waals surface area contributed by atoms with Crippen molar-refractivity contribution in [2.45, 2.75) is 24.4 Å². The third-order valence-electron chi connectivity index (χ3n) is 1.44. The van der Waals surface area contributed by atoms with Gasteiger partial charge in [0.1, 0.15) is 0 Å². The third-order valence-corrected chi connectivity index (χ3v) is 1.44. The summed E-state index contributed by atoms with van der Waals surface area (Å²) in [5.74, 6) is -17.2. The van der Waals surface area contributed by atoms with Crippen LogP contribution in [0.4, 0.5) is 30.7 Å². The molecule has 0 heterocycles. The molecule has 0 aliphatic carbocycles. The maximum atomic E-state index is 12.4. The van der Waals surface area contributed by atoms with Crippen molar-refractivity contribution in [1.82, 2.24) is 0 Å². The Morgan fingerprint density at radius 1 is 0.938 bits per heavy atom. The van der Waals surface area contributed by atoms with E-state index in [2.05, 4.69) is 5.73 Å². The highest BCUT2D eigenvalue weighted by Gasteiger charge is 2.75. The first-order chi connectivity index (χ1) is 6.84. The van der Waals surface area contributed by atoms with Gasteiger partial charge in [0.15, 0.2) is 0 Å². The van der Waals surface area contributed by atoms with Crippen LogP contribution in [0.3, 0.4) is 0 Å². The Hall–Kier alpha value is -1.35. The summed E-state index contributed by atoms with van der Waals surface area (Å²) >= 11 is 0. The molecule has 94 valence electrons. The van der Waals surface area contributed by atoms with Crippen LogP contribution in [-0.2, 0) is 9.59 Å². The number of primary amides is 1. The van der Waals surface area contributed by atoms with Crippen molar-refractivity contribution in [3.8, 4) is 0 Å². The number of alkyl halides is 7. The van der Waals surface area contributed by atoms with Crippen LogP contribution in [0.2, 0.25) is 0 Å². The average Bonchev–Trinajstić information content (AvgIpc) is 2.00. The van der Waals surface area contributed by atoms with Crippen LogP contribution in [0.25, 0.3) is 0 Å². The van der Waals surface area contributed by atoms with E-state index in [1.54, 1.807) is 0 Å². The van der Waals surface area contributed by atoms with E-state index in [1.165, 1.54) is 0 Å². The van der Waals surface area contributed by atoms with E-state index in [0.717, 1.165) is 0 Å². The number of carbonyl (C=O) groups is 2. The fourth-order valence-electron chi connectivity index (χ4n) is 0.622. The van der Waals surface area contributed by atoms with E-state index in [1.807, 2.05) is 0 Å². The second-order valence-electron chi connectivity index (χ2n) is 2.71. The fourth-order valence-corrected chi connectivity index (χ4v) is 0.622. The molecular formula is C6H4F7NO2. The Bertz CT molecular complexity index is 308. The molecule has 0 saturated heterocycles. The topological polar surface area (TPSA) is 60.2 Å². The van der Waals surface area contributed by atoms with Crippen molar-refractivity contribution in [1.29, 1.82) is 0 Å². The molecule has 0 saturated carbocycles. The highest BCUT2D eigenvalue weighted by Crippen LogP contribution is 2.47. The van der Waals surface area contributed by atoms with Gasteiger partial charge in [-0.15, -0.1) is 0 Å². The normalized spacial score (nSPS) is 13.7. The van der Waals surface area contributed by atoms with E-state index in [9.17, 15) is 40.3 Å². The minimum atomic E-state index is -6.61. The standard InChI is InChI=1S/C6H4F7NO2/c7-4(8,2(15)1-3(14)16)5(9,10)6(11,12)13/h1H2,(H2,14,16). The second-order valence-corrected chi connectivity index (χ2v) is 2.71. The van der Waals surface area contributed by atoms with Crippen molar-refractivity contribution < 1.29 is 40.3 Å². The van der Waals surface area contributed by atoms with Crippen LogP contribution >= 0.6 is 0 Å². The summed E-state index contributed by atoms with van der Waals surface area (Å²) in [5.41, 5.74) is 4.22. The lowest BCUT2D eigenvalue weighted by atomic mass is 10.0. The van der Waals surface area contributed by atoms with E-state index >= 15 is 0 Å². The predicted molar refractivity (Wildman–Crippen MR) is 34.8 cm³/mol. The average molecular weight is 255 g/mol. The summed E-state index contributed by atoms with van der Waals surface area (Å²) in [4.78, 5) is 20.3. The number of hydrogen-bond donors (Lipinski definition) is 1. The lowest BCUT2D eigenvalue weighted by Gasteiger charge is -2.26. The minimum absolute atomic E-state index is 1.73. The van der Waals surface area contributed by atoms with Crippen molar-refractivity contribution in [2.24, 2.45) is 5.73 Å². The van der Waals surface area contributed by atoms with Crippen molar-refractivity contribution in [3.63, 3.8) is 0 Å². The number of nitrogens with two attached hydrogens (primary N) is 1. The zero-order valence-corrected chi connectivity index (χ0v) is 7.25. The maximum absolute atomic E-state index is 12.4. The summed E-state index contributed by atoms with van der Waals surface area (Å²) in [6.45, 7) is 0. The number of rotatable bonds is 4. The van der Waals surface area contributed by atoms with Crippen molar-refractivity contribution in [3.05, 3.63) is 0 Å². The molecule has 0 fully saturated rings. The van der Waals surface area contributed by atoms with E-state index in [0.29, 0.717) is 0 Å². The van der Waals surface area contributed by atoms with E-state index < -0.39 is 36.1 Å². The summed E-state index contributed by atoms with van der Waals surface area (Å²) in [7, 11) is 0. The molecule has 0 aliphatic rings. The summed E-state index contributed by atoms with van der Waals surface area (Å²) in [6, 6.07) is 0. The monoisotopic (exact) mass is 255 g/mol. The van der Waals surface area contributed by atoms with Gasteiger partial charge in [0.25, 0.3) is 0 Å². The smallest absolute Gasteiger partial charge is 0.369 e. The number of halogens is 7. The largest absolute Gasteiger partial charge is 0.460 e. The molecule has 0 rings (SSSR count). The number of Topliss-reactive ketones (excluding diaryl/α,β-unsaturated/α-hetero) is 1. The SMILES string of the molecule is NC(=O)CC(=O)C(F)(F)C(F)(F)C(F)(F)F. The Morgan fingerprint density at radius 3 is 1.56 bits per heavy atom. The van der Waals surface area contributed by atoms with Gasteiger partial charge in [0.2, 0.25) is 11.7 Å². The van der Waals surface area contributed by atoms with Crippen LogP contribution < -0.4 is 5.73 Å². The molecule has 0 atom stereocenters. The van der Waals surface area contributed by atoms with E-state index in [-0.39, 0.29) is 0 Å². The molecule has 1 amide bonds. The maximum Gasteiger partial charge on any atom is 0.460 e. The second kappa shape index (κ2) is 3.91. The van der Waals surface area contributed by atoms with Crippen LogP contribution in [0.15, 0.2) is 0 Å². The van der Waals surface area contributed by atoms with Gasteiger partial charge in [0.05, 0.1) is 6.42 Å². The van der Waals surface area contributed by atoms with Gasteiger partial charge in [0, 0.05) is 0 Å². The number of amides is 1. The van der Waals surface area contributed by atoms with Crippen LogP contribution in [0.5, 0.6) is 0 Å². The van der Waals surface area contributed by atoms with Gasteiger partial charge in [-0.2, -0.15) is 30.7 Å². The Labute approximate surface area is 83.4 Å². The first-order valence-corrected chi connectivity index (χ1v) is 3.48. The molecular weight excluding hydrogens is 251 g/mol. The molecule has 0 unspecified atom stereocenters. The Kier molecular flexibility index (Phi) is 3.58. The molecule has 2 N–H and O–H groups in total. The molecule has 0 bridgehead atoms. The summed E-state index contributed by atoms with van der Waals surface area (Å²) in [5, 5.41) is 0. The van der Waals surface area contributed by atoms with Gasteiger partial charge >= 0.3 is 18.0 Å². The molecule has 16 heavy (non-hydrogen) atoms. The van der Waals surface area contributed by atoms with Crippen LogP contribution in [-0.4, -0.2) is 29.7 Å². The zero-order chi connectivity index (χ0) is 13.4. The quantitative estimate of drug-likeness (QED) is 0.607. The third kappa shape index (κ3) is 2.42. The molecule has 0 aliphatic heterocycles. The Balaban J connectivity index is 5.19. The van der Waals surface area contributed by atoms with Gasteiger partial charge < -0.3 is 5.73 Å². The first-order valence-electron chi connectivity index (χ1n) is 3.48. The Morgan fingerprint density at radius 2 is 1.31 bits per heavy atom. The number of ketones is 1.